The van der Waals surface area contributed by atoms with Crippen molar-refractivity contribution in [2.24, 2.45) is 0 Å². The van der Waals surface area contributed by atoms with E-state index in [1.165, 1.54) is 11.1 Å². The van der Waals surface area contributed by atoms with Crippen LogP contribution in [0.5, 0.6) is 5.75 Å². The molecule has 154 valence electrons. The third kappa shape index (κ3) is 5.17. The van der Waals surface area contributed by atoms with Gasteiger partial charge in [-0.1, -0.05) is 25.1 Å². The monoisotopic (exact) mass is 393 g/mol. The Bertz CT molecular complexity index is 977. The van der Waals surface area contributed by atoms with Gasteiger partial charge in [-0.15, -0.1) is 0 Å². The van der Waals surface area contributed by atoms with Gasteiger partial charge in [0, 0.05) is 13.0 Å². The number of benzene rings is 2. The molecule has 0 fully saturated rings. The number of carbonyl (C=O) groups excluding carboxylic acids is 1. The number of nitrogens with one attached hydrogen (secondary N) is 1. The zero-order valence-electron chi connectivity index (χ0n) is 17.9. The molecule has 0 saturated carbocycles. The van der Waals surface area contributed by atoms with E-state index >= 15 is 0 Å². The molecule has 3 rings (SSSR count). The Hall–Kier alpha value is -2.82. The average molecular weight is 394 g/mol. The van der Waals surface area contributed by atoms with E-state index in [1.807, 2.05) is 38.1 Å². The van der Waals surface area contributed by atoms with Gasteiger partial charge in [0.2, 0.25) is 5.91 Å². The zero-order valence-corrected chi connectivity index (χ0v) is 17.9. The van der Waals surface area contributed by atoms with Crippen molar-refractivity contribution in [1.29, 1.82) is 0 Å². The number of hydrogen-bond donors (Lipinski definition) is 1. The summed E-state index contributed by atoms with van der Waals surface area (Å²) in [5, 5.41) is 3.07. The van der Waals surface area contributed by atoms with Gasteiger partial charge in [0.05, 0.1) is 23.7 Å². The summed E-state index contributed by atoms with van der Waals surface area (Å²) in [7, 11) is 0. The third-order valence-corrected chi connectivity index (χ3v) is 5.20. The van der Waals surface area contributed by atoms with Crippen molar-refractivity contribution in [2.45, 2.75) is 59.5 Å². The van der Waals surface area contributed by atoms with Crippen LogP contribution in [0, 0.1) is 13.8 Å². The first-order valence-corrected chi connectivity index (χ1v) is 10.4. The average Bonchev–Trinajstić information content (AvgIpc) is 3.07. The van der Waals surface area contributed by atoms with Gasteiger partial charge in [-0.3, -0.25) is 4.79 Å². The molecule has 1 heterocycles. The molecule has 1 aromatic heterocycles. The maximum atomic E-state index is 12.1. The van der Waals surface area contributed by atoms with Crippen molar-refractivity contribution < 1.29 is 9.53 Å². The van der Waals surface area contributed by atoms with Crippen LogP contribution in [-0.2, 0) is 11.3 Å². The molecule has 1 N–H and O–H groups in total. The summed E-state index contributed by atoms with van der Waals surface area (Å²) in [5.74, 6) is 1.86. The molecule has 0 bridgehead atoms. The van der Waals surface area contributed by atoms with Crippen molar-refractivity contribution in [2.75, 3.05) is 6.61 Å². The van der Waals surface area contributed by atoms with Gasteiger partial charge in [-0.25, -0.2) is 4.98 Å². The predicted molar refractivity (Wildman–Crippen MR) is 117 cm³/mol. The van der Waals surface area contributed by atoms with Crippen LogP contribution in [0.1, 0.15) is 56.1 Å². The first-order valence-electron chi connectivity index (χ1n) is 10.4. The van der Waals surface area contributed by atoms with E-state index in [4.69, 9.17) is 9.72 Å². The molecule has 29 heavy (non-hydrogen) atoms. The van der Waals surface area contributed by atoms with Gasteiger partial charge in [0.1, 0.15) is 11.6 Å². The van der Waals surface area contributed by atoms with Crippen LogP contribution >= 0.6 is 0 Å². The van der Waals surface area contributed by atoms with Crippen LogP contribution in [0.15, 0.2) is 42.5 Å². The fraction of sp³-hybridized carbons (Fsp3) is 0.417. The number of aromatic nitrogens is 2. The number of carbonyl (C=O) groups is 1. The van der Waals surface area contributed by atoms with Gasteiger partial charge in [0.15, 0.2) is 0 Å². The standard InChI is InChI=1S/C24H31N3O2/c1-5-9-23(28)25-19(4)24-26-21-10-6-7-11-22(21)27(24)14-8-15-29-20-13-12-17(2)18(3)16-20/h6-7,10-13,16,19H,5,8-9,14-15H2,1-4H3,(H,25,28). The van der Waals surface area contributed by atoms with Crippen molar-refractivity contribution in [3.05, 3.63) is 59.4 Å². The van der Waals surface area contributed by atoms with E-state index in [-0.39, 0.29) is 11.9 Å². The lowest BCUT2D eigenvalue weighted by atomic mass is 10.1. The molecule has 0 aliphatic carbocycles. The highest BCUT2D eigenvalue weighted by Gasteiger charge is 2.18. The molecule has 0 aliphatic rings. The Morgan fingerprint density at radius 3 is 2.72 bits per heavy atom. The second kappa shape index (κ2) is 9.59. The Kier molecular flexibility index (Phi) is 6.91. The van der Waals surface area contributed by atoms with E-state index < -0.39 is 0 Å². The zero-order chi connectivity index (χ0) is 20.8. The molecule has 5 nitrogen and oxygen atoms in total. The highest BCUT2D eigenvalue weighted by atomic mass is 16.5. The normalized spacial score (nSPS) is 12.1. The molecular weight excluding hydrogens is 362 g/mol. The number of hydrogen-bond acceptors (Lipinski definition) is 3. The van der Waals surface area contributed by atoms with Crippen molar-refractivity contribution in [3.63, 3.8) is 0 Å². The van der Waals surface area contributed by atoms with Crippen LogP contribution < -0.4 is 10.1 Å². The summed E-state index contributed by atoms with van der Waals surface area (Å²) in [4.78, 5) is 16.8. The van der Waals surface area contributed by atoms with Gasteiger partial charge >= 0.3 is 0 Å². The van der Waals surface area contributed by atoms with Crippen LogP contribution in [0.3, 0.4) is 0 Å². The Morgan fingerprint density at radius 2 is 1.97 bits per heavy atom. The van der Waals surface area contributed by atoms with Gasteiger partial charge in [-0.05, 0) is 69.0 Å². The van der Waals surface area contributed by atoms with Crippen LogP contribution in [-0.4, -0.2) is 22.1 Å². The summed E-state index contributed by atoms with van der Waals surface area (Å²) < 4.78 is 8.15. The van der Waals surface area contributed by atoms with Crippen LogP contribution in [0.25, 0.3) is 11.0 Å². The molecule has 0 aliphatic heterocycles. The number of para-hydroxylation sites is 2. The minimum atomic E-state index is -0.137. The summed E-state index contributed by atoms with van der Waals surface area (Å²) in [6.07, 6.45) is 2.23. The lowest BCUT2D eigenvalue weighted by Gasteiger charge is -2.16. The number of amides is 1. The molecule has 0 spiro atoms. The van der Waals surface area contributed by atoms with Gasteiger partial charge < -0.3 is 14.6 Å². The molecular formula is C24H31N3O2. The summed E-state index contributed by atoms with van der Waals surface area (Å²) in [6.45, 7) is 9.62. The predicted octanol–water partition coefficient (Wildman–Crippen LogP) is 5.10. The maximum Gasteiger partial charge on any atom is 0.220 e. The minimum Gasteiger partial charge on any atom is -0.494 e. The smallest absolute Gasteiger partial charge is 0.220 e. The quantitative estimate of drug-likeness (QED) is 0.515. The molecule has 1 atom stereocenters. The molecule has 2 aromatic carbocycles. The molecule has 0 saturated heterocycles. The lowest BCUT2D eigenvalue weighted by molar-refractivity contribution is -0.121. The second-order valence-corrected chi connectivity index (χ2v) is 7.60. The first-order chi connectivity index (χ1) is 14.0. The minimum absolute atomic E-state index is 0.0664. The van der Waals surface area contributed by atoms with E-state index in [0.29, 0.717) is 13.0 Å². The first kappa shape index (κ1) is 20.9. The molecule has 3 aromatic rings. The van der Waals surface area contributed by atoms with E-state index in [0.717, 1.165) is 42.0 Å². The van der Waals surface area contributed by atoms with Gasteiger partial charge in [-0.2, -0.15) is 0 Å². The van der Waals surface area contributed by atoms with Crippen molar-refractivity contribution >= 4 is 16.9 Å². The maximum absolute atomic E-state index is 12.1. The molecule has 0 radical (unpaired) electrons. The van der Waals surface area contributed by atoms with E-state index in [9.17, 15) is 4.79 Å². The lowest BCUT2D eigenvalue weighted by Crippen LogP contribution is -2.28. The number of rotatable bonds is 9. The van der Waals surface area contributed by atoms with E-state index in [1.54, 1.807) is 0 Å². The highest BCUT2D eigenvalue weighted by molar-refractivity contribution is 5.78. The van der Waals surface area contributed by atoms with Crippen molar-refractivity contribution in [1.82, 2.24) is 14.9 Å². The SMILES string of the molecule is CCCC(=O)NC(C)c1nc2ccccc2n1CCCOc1ccc(C)c(C)c1. The topological polar surface area (TPSA) is 56.2 Å². The van der Waals surface area contributed by atoms with Crippen LogP contribution in [0.4, 0.5) is 0 Å². The molecule has 5 heteroatoms. The molecule has 1 amide bonds. The van der Waals surface area contributed by atoms with Crippen LogP contribution in [0.2, 0.25) is 0 Å². The van der Waals surface area contributed by atoms with Gasteiger partial charge in [0.25, 0.3) is 0 Å². The number of aryl methyl sites for hydroxylation is 3. The highest BCUT2D eigenvalue weighted by Crippen LogP contribution is 2.22. The summed E-state index contributed by atoms with van der Waals surface area (Å²) in [5.41, 5.74) is 4.55. The number of imidazole rings is 1. The second-order valence-electron chi connectivity index (χ2n) is 7.60. The van der Waals surface area contributed by atoms with E-state index in [2.05, 4.69) is 41.9 Å². The largest absolute Gasteiger partial charge is 0.494 e. The molecule has 1 unspecified atom stereocenters. The fourth-order valence-electron chi connectivity index (χ4n) is 3.48. The summed E-state index contributed by atoms with van der Waals surface area (Å²) >= 11 is 0. The van der Waals surface area contributed by atoms with Crippen molar-refractivity contribution in [3.8, 4) is 5.75 Å². The fourth-order valence-corrected chi connectivity index (χ4v) is 3.48. The summed E-state index contributed by atoms with van der Waals surface area (Å²) in [6, 6.07) is 14.2. The Balaban J connectivity index is 1.70. The number of nitrogens with zero attached hydrogens (tertiary/aromatic N) is 2. The Morgan fingerprint density at radius 1 is 1.17 bits per heavy atom. The Labute approximate surface area is 173 Å². The number of fused-ring (bicyclic) bond motifs is 1. The third-order valence-electron chi connectivity index (χ3n) is 5.20. The number of ether oxygens (including phenoxy) is 1.